The average molecular weight is 757 g/mol. The molecule has 0 aliphatic carbocycles. The zero-order valence-corrected chi connectivity index (χ0v) is 31.9. The van der Waals surface area contributed by atoms with E-state index in [4.69, 9.17) is 10.1 Å². The number of benzene rings is 3. The Kier molecular flexibility index (Phi) is 9.15. The van der Waals surface area contributed by atoms with Crippen LogP contribution in [0, 0.1) is 25.6 Å². The summed E-state index contributed by atoms with van der Waals surface area (Å²) < 4.78 is 17.3. The van der Waals surface area contributed by atoms with Gasteiger partial charge in [0.25, 0.3) is 5.91 Å². The number of imide groups is 1. The van der Waals surface area contributed by atoms with E-state index < -0.39 is 17.8 Å². The molecule has 3 aromatic carbocycles. The van der Waals surface area contributed by atoms with E-state index >= 15 is 4.39 Å². The number of nitrogens with zero attached hydrogens (tertiary/aromatic N) is 7. The molecule has 1 atom stereocenters. The molecule has 4 aliphatic heterocycles. The highest BCUT2D eigenvalue weighted by Crippen LogP contribution is 2.35. The van der Waals surface area contributed by atoms with Gasteiger partial charge in [0, 0.05) is 75.9 Å². The van der Waals surface area contributed by atoms with Crippen molar-refractivity contribution in [1.82, 2.24) is 34.9 Å². The Hall–Kier alpha value is -5.89. The van der Waals surface area contributed by atoms with Crippen LogP contribution < -0.4 is 20.9 Å². The molecular formula is C42H45FN10O3. The van der Waals surface area contributed by atoms with Gasteiger partial charge < -0.3 is 20.4 Å². The fourth-order valence-electron chi connectivity index (χ4n) is 8.84. The molecule has 3 N–H and O–H groups in total. The third-order valence-electron chi connectivity index (χ3n) is 11.9. The number of carbonyl (C=O) groups is 3. The molecule has 2 aromatic heterocycles. The third-order valence-corrected chi connectivity index (χ3v) is 11.9. The van der Waals surface area contributed by atoms with Crippen LogP contribution in [0.3, 0.4) is 0 Å². The van der Waals surface area contributed by atoms with Gasteiger partial charge in [0.05, 0.1) is 11.1 Å². The van der Waals surface area contributed by atoms with Crippen LogP contribution in [-0.4, -0.2) is 79.5 Å². The van der Waals surface area contributed by atoms with Gasteiger partial charge in [-0.3, -0.25) is 24.6 Å². The summed E-state index contributed by atoms with van der Waals surface area (Å²) in [4.78, 5) is 52.8. The maximum absolute atomic E-state index is 15.5. The first-order valence-electron chi connectivity index (χ1n) is 19.4. The molecule has 4 aliphatic rings. The van der Waals surface area contributed by atoms with E-state index in [1.807, 2.05) is 19.3 Å². The summed E-state index contributed by atoms with van der Waals surface area (Å²) in [6.07, 6.45) is 5.15. The summed E-state index contributed by atoms with van der Waals surface area (Å²) >= 11 is 0. The third kappa shape index (κ3) is 6.71. The highest BCUT2D eigenvalue weighted by molar-refractivity contribution is 6.05. The number of hydrogen-bond acceptors (Lipinski definition) is 10. The second kappa shape index (κ2) is 14.3. The van der Waals surface area contributed by atoms with Crippen LogP contribution in [0.25, 0.3) is 11.0 Å². The van der Waals surface area contributed by atoms with Crippen LogP contribution in [0.2, 0.25) is 0 Å². The molecule has 0 bridgehead atoms. The molecule has 288 valence electrons. The van der Waals surface area contributed by atoms with Gasteiger partial charge >= 0.3 is 0 Å². The van der Waals surface area contributed by atoms with Crippen molar-refractivity contribution in [3.05, 3.63) is 93.9 Å². The summed E-state index contributed by atoms with van der Waals surface area (Å²) in [6.45, 7) is 8.68. The number of para-hydroxylation sites is 1. The van der Waals surface area contributed by atoms with Crippen molar-refractivity contribution in [1.29, 1.82) is 0 Å². The topological polar surface area (TPSA) is 141 Å². The number of nitrogens with one attached hydrogen (secondary N) is 3. The molecule has 2 fully saturated rings. The monoisotopic (exact) mass is 756 g/mol. The number of aryl methyl sites for hydroxylation is 3. The molecule has 2 saturated heterocycles. The Morgan fingerprint density at radius 3 is 2.48 bits per heavy atom. The van der Waals surface area contributed by atoms with Crippen molar-refractivity contribution in [3.63, 3.8) is 0 Å². The van der Waals surface area contributed by atoms with Crippen LogP contribution in [0.15, 0.2) is 54.7 Å². The number of fused-ring (bicyclic) bond motifs is 3. The maximum atomic E-state index is 15.5. The zero-order chi connectivity index (χ0) is 38.7. The lowest BCUT2D eigenvalue weighted by molar-refractivity contribution is -0.136. The maximum Gasteiger partial charge on any atom is 0.255 e. The Morgan fingerprint density at radius 1 is 0.893 bits per heavy atom. The first-order valence-corrected chi connectivity index (χ1v) is 19.4. The van der Waals surface area contributed by atoms with Crippen molar-refractivity contribution in [2.75, 3.05) is 41.7 Å². The molecule has 5 aromatic rings. The summed E-state index contributed by atoms with van der Waals surface area (Å²) in [5, 5.41) is 14.8. The van der Waals surface area contributed by atoms with Gasteiger partial charge in [0.15, 0.2) is 11.5 Å². The summed E-state index contributed by atoms with van der Waals surface area (Å²) in [6, 6.07) is 15.1. The Bertz CT molecular complexity index is 2380. The largest absolute Gasteiger partial charge is 0.369 e. The van der Waals surface area contributed by atoms with Gasteiger partial charge in [-0.05, 0) is 97.5 Å². The number of piperidine rings is 2. The number of anilines is 5. The molecule has 3 amide bonds. The van der Waals surface area contributed by atoms with E-state index in [1.165, 1.54) is 22.1 Å². The quantitative estimate of drug-likeness (QED) is 0.171. The average Bonchev–Trinajstić information content (AvgIpc) is 3.67. The van der Waals surface area contributed by atoms with Gasteiger partial charge in [-0.2, -0.15) is 10.1 Å². The van der Waals surface area contributed by atoms with Crippen LogP contribution in [-0.2, 0) is 36.1 Å². The number of rotatable bonds is 8. The number of halogens is 1. The molecule has 1 unspecified atom stereocenters. The van der Waals surface area contributed by atoms with Gasteiger partial charge in [0.1, 0.15) is 11.9 Å². The Balaban J connectivity index is 0.813. The molecular weight excluding hydrogens is 712 g/mol. The predicted molar refractivity (Wildman–Crippen MR) is 212 cm³/mol. The number of carbonyl (C=O) groups excluding carboxylic acids is 3. The first-order chi connectivity index (χ1) is 27.1. The Labute approximate surface area is 324 Å². The van der Waals surface area contributed by atoms with Crippen LogP contribution in [0.1, 0.15) is 63.9 Å². The standard InChI is InChI=1S/C42H45FN10O3/c1-24-5-4-6-25(2)37(24)47-38-32-20-44-42(48-39(32)50(3)49-38)45-30-8-7-27-13-14-51(22-28(27)17-30)21-26-11-15-52(16-12-26)35-18-29-23-53(41(56)31(29)19-33(35)43)34-9-10-36(54)46-40(34)55/h4-8,17-20,26,34H,9-16,21-23H2,1-3H3,(H,47,49)(H,44,45,48)(H,46,54,55). The second-order valence-electron chi connectivity index (χ2n) is 15.7. The van der Waals surface area contributed by atoms with Crippen LogP contribution in [0.5, 0.6) is 0 Å². The van der Waals surface area contributed by atoms with Crippen LogP contribution in [0.4, 0.5) is 33.2 Å². The molecule has 0 saturated carbocycles. The number of hydrogen-bond donors (Lipinski definition) is 3. The van der Waals surface area contributed by atoms with E-state index in [0.29, 0.717) is 23.1 Å². The number of aromatic nitrogens is 4. The Morgan fingerprint density at radius 2 is 1.70 bits per heavy atom. The second-order valence-corrected chi connectivity index (χ2v) is 15.7. The van der Waals surface area contributed by atoms with E-state index in [-0.39, 0.29) is 31.2 Å². The molecule has 9 rings (SSSR count). The smallest absolute Gasteiger partial charge is 0.255 e. The fraction of sp³-hybridized carbons (Fsp3) is 0.381. The molecule has 56 heavy (non-hydrogen) atoms. The predicted octanol–water partition coefficient (Wildman–Crippen LogP) is 5.64. The van der Waals surface area contributed by atoms with E-state index in [2.05, 4.69) is 74.9 Å². The van der Waals surface area contributed by atoms with Crippen molar-refractivity contribution in [3.8, 4) is 0 Å². The van der Waals surface area contributed by atoms with Crippen molar-refractivity contribution in [2.24, 2.45) is 13.0 Å². The van der Waals surface area contributed by atoms with Crippen molar-refractivity contribution in [2.45, 2.75) is 65.1 Å². The SMILES string of the molecule is Cc1cccc(C)c1Nc1nn(C)c2nc(Nc3ccc4c(c3)CN(CC3CCN(c5cc6c(cc5F)C(=O)N(C5CCC(=O)NC5=O)C6)CC3)CC4)ncc12. The fourth-order valence-corrected chi connectivity index (χ4v) is 8.84. The summed E-state index contributed by atoms with van der Waals surface area (Å²) in [7, 11) is 1.89. The zero-order valence-electron chi connectivity index (χ0n) is 31.9. The normalized spacial score (nSPS) is 19.0. The van der Waals surface area contributed by atoms with E-state index in [1.54, 1.807) is 10.7 Å². The number of amides is 3. The molecule has 6 heterocycles. The van der Waals surface area contributed by atoms with Crippen molar-refractivity contribution < 1.29 is 18.8 Å². The molecule has 14 heteroatoms. The van der Waals surface area contributed by atoms with Gasteiger partial charge in [-0.1, -0.05) is 24.3 Å². The first kappa shape index (κ1) is 35.8. The van der Waals surface area contributed by atoms with E-state index in [0.717, 1.165) is 96.9 Å². The minimum absolute atomic E-state index is 0.183. The van der Waals surface area contributed by atoms with Crippen molar-refractivity contribution >= 4 is 57.6 Å². The molecule has 0 spiro atoms. The lowest BCUT2D eigenvalue weighted by Crippen LogP contribution is -2.52. The molecule has 0 radical (unpaired) electrons. The van der Waals surface area contributed by atoms with Gasteiger partial charge in [-0.25, -0.2) is 14.1 Å². The van der Waals surface area contributed by atoms with Gasteiger partial charge in [0.2, 0.25) is 17.8 Å². The molecule has 13 nitrogen and oxygen atoms in total. The minimum Gasteiger partial charge on any atom is -0.369 e. The summed E-state index contributed by atoms with van der Waals surface area (Å²) in [5.74, 6) is 0.144. The van der Waals surface area contributed by atoms with Gasteiger partial charge in [-0.15, -0.1) is 0 Å². The van der Waals surface area contributed by atoms with Crippen LogP contribution >= 0.6 is 0 Å². The highest BCUT2D eigenvalue weighted by atomic mass is 19.1. The van der Waals surface area contributed by atoms with E-state index in [9.17, 15) is 14.4 Å². The lowest BCUT2D eigenvalue weighted by Gasteiger charge is -2.37. The highest BCUT2D eigenvalue weighted by Gasteiger charge is 2.40. The lowest BCUT2D eigenvalue weighted by atomic mass is 9.93. The minimum atomic E-state index is -0.720. The summed E-state index contributed by atoms with van der Waals surface area (Å²) in [5.41, 5.74) is 9.17.